The van der Waals surface area contributed by atoms with Gasteiger partial charge in [0, 0.05) is 30.8 Å². The van der Waals surface area contributed by atoms with E-state index in [1.807, 2.05) is 24.3 Å². The summed E-state index contributed by atoms with van der Waals surface area (Å²) in [6, 6.07) is 13.6. The smallest absolute Gasteiger partial charge is 0.335 e. The van der Waals surface area contributed by atoms with E-state index in [1.165, 1.54) is 12.1 Å². The third-order valence-electron chi connectivity index (χ3n) is 4.67. The van der Waals surface area contributed by atoms with Gasteiger partial charge in [0.15, 0.2) is 0 Å². The number of nitrogens with zero attached hydrogens (tertiary/aromatic N) is 1. The molecule has 1 aliphatic heterocycles. The van der Waals surface area contributed by atoms with Gasteiger partial charge in [-0.3, -0.25) is 4.79 Å². The second-order valence-electron chi connectivity index (χ2n) is 6.52. The Labute approximate surface area is 158 Å². The number of amides is 1. The Bertz CT molecular complexity index is 796. The van der Waals surface area contributed by atoms with E-state index < -0.39 is 5.97 Å². The topological polar surface area (TPSA) is 76.1 Å². The van der Waals surface area contributed by atoms with Gasteiger partial charge in [-0.25, -0.2) is 4.79 Å². The molecule has 1 heterocycles. The maximum Gasteiger partial charge on any atom is 0.335 e. The first-order valence-corrected chi connectivity index (χ1v) is 8.94. The molecule has 142 valence electrons. The van der Waals surface area contributed by atoms with Crippen LogP contribution in [0.4, 0.5) is 0 Å². The van der Waals surface area contributed by atoms with Crippen LogP contribution < -0.4 is 4.74 Å². The van der Waals surface area contributed by atoms with Gasteiger partial charge in [0.1, 0.15) is 5.75 Å². The standard InChI is InChI=1S/C21H23NO5/c1-26-19-7-3-2-5-17(19)13-22(14-18-6-4-12-27-18)20(23)15-8-10-16(11-9-15)21(24)25/h2-3,5,7-11,18H,4,6,12-14H2,1H3,(H,24,25). The molecule has 1 amide bonds. The second-order valence-corrected chi connectivity index (χ2v) is 6.52. The molecule has 0 bridgehead atoms. The van der Waals surface area contributed by atoms with Crippen LogP contribution in [0.5, 0.6) is 5.75 Å². The Kier molecular flexibility index (Phi) is 6.08. The van der Waals surface area contributed by atoms with E-state index in [9.17, 15) is 9.59 Å². The van der Waals surface area contributed by atoms with E-state index >= 15 is 0 Å². The van der Waals surface area contributed by atoms with Crippen molar-refractivity contribution in [3.63, 3.8) is 0 Å². The molecule has 2 aromatic carbocycles. The monoisotopic (exact) mass is 369 g/mol. The number of hydrogen-bond donors (Lipinski definition) is 1. The highest BCUT2D eigenvalue weighted by Crippen LogP contribution is 2.22. The number of carbonyl (C=O) groups excluding carboxylic acids is 1. The maximum absolute atomic E-state index is 13.1. The van der Waals surface area contributed by atoms with Crippen molar-refractivity contribution in [3.05, 3.63) is 65.2 Å². The van der Waals surface area contributed by atoms with E-state index in [-0.39, 0.29) is 17.6 Å². The molecule has 6 nitrogen and oxygen atoms in total. The van der Waals surface area contributed by atoms with Crippen LogP contribution in [0, 0.1) is 0 Å². The van der Waals surface area contributed by atoms with Gasteiger partial charge < -0.3 is 19.5 Å². The fraction of sp³-hybridized carbons (Fsp3) is 0.333. The Balaban J connectivity index is 1.83. The molecule has 1 N–H and O–H groups in total. The molecule has 1 saturated heterocycles. The van der Waals surface area contributed by atoms with E-state index in [1.54, 1.807) is 24.1 Å². The average Bonchev–Trinajstić information content (AvgIpc) is 3.20. The van der Waals surface area contributed by atoms with Crippen LogP contribution in [0.1, 0.15) is 39.1 Å². The van der Waals surface area contributed by atoms with Crippen LogP contribution in [-0.2, 0) is 11.3 Å². The molecule has 0 saturated carbocycles. The summed E-state index contributed by atoms with van der Waals surface area (Å²) in [5.41, 5.74) is 1.52. The maximum atomic E-state index is 13.1. The van der Waals surface area contributed by atoms with Crippen LogP contribution in [-0.4, -0.2) is 48.2 Å². The highest BCUT2D eigenvalue weighted by molar-refractivity contribution is 5.96. The summed E-state index contributed by atoms with van der Waals surface area (Å²) in [6.45, 7) is 1.59. The van der Waals surface area contributed by atoms with Crippen LogP contribution in [0.25, 0.3) is 0 Å². The van der Waals surface area contributed by atoms with Gasteiger partial charge in [-0.15, -0.1) is 0 Å². The number of carboxylic acids is 1. The predicted octanol–water partition coefficient (Wildman–Crippen LogP) is 3.21. The number of carboxylic acid groups (broad SMARTS) is 1. The highest BCUT2D eigenvalue weighted by Gasteiger charge is 2.24. The number of ether oxygens (including phenoxy) is 2. The van der Waals surface area contributed by atoms with Crippen molar-refractivity contribution in [3.8, 4) is 5.75 Å². The molecule has 0 spiro atoms. The van der Waals surface area contributed by atoms with Crippen molar-refractivity contribution >= 4 is 11.9 Å². The van der Waals surface area contributed by atoms with Crippen LogP contribution in [0.2, 0.25) is 0 Å². The van der Waals surface area contributed by atoms with Gasteiger partial charge in [-0.2, -0.15) is 0 Å². The summed E-state index contributed by atoms with van der Waals surface area (Å²) in [4.78, 5) is 25.9. The number of rotatable bonds is 7. The fourth-order valence-corrected chi connectivity index (χ4v) is 3.23. The second kappa shape index (κ2) is 8.68. The van der Waals surface area contributed by atoms with Crippen molar-refractivity contribution in [1.29, 1.82) is 0 Å². The Morgan fingerprint density at radius 2 is 1.85 bits per heavy atom. The lowest BCUT2D eigenvalue weighted by atomic mass is 10.1. The van der Waals surface area contributed by atoms with Gasteiger partial charge in [0.25, 0.3) is 5.91 Å². The lowest BCUT2D eigenvalue weighted by Gasteiger charge is -2.26. The average molecular weight is 369 g/mol. The van der Waals surface area contributed by atoms with Crippen molar-refractivity contribution < 1.29 is 24.2 Å². The zero-order valence-corrected chi connectivity index (χ0v) is 15.3. The van der Waals surface area contributed by atoms with E-state index in [2.05, 4.69) is 0 Å². The quantitative estimate of drug-likeness (QED) is 0.811. The van der Waals surface area contributed by atoms with E-state index in [0.29, 0.717) is 25.3 Å². The number of benzene rings is 2. The predicted molar refractivity (Wildman–Crippen MR) is 100 cm³/mol. The minimum Gasteiger partial charge on any atom is -0.496 e. The molecule has 1 unspecified atom stereocenters. The highest BCUT2D eigenvalue weighted by atomic mass is 16.5. The summed E-state index contributed by atoms with van der Waals surface area (Å²) in [7, 11) is 1.61. The molecule has 2 aromatic rings. The lowest BCUT2D eigenvalue weighted by molar-refractivity contribution is 0.0505. The first kappa shape index (κ1) is 18.9. The van der Waals surface area contributed by atoms with Gasteiger partial charge in [0.2, 0.25) is 0 Å². The third kappa shape index (κ3) is 4.65. The SMILES string of the molecule is COc1ccccc1CN(CC1CCCO1)C(=O)c1ccc(C(=O)O)cc1. The Morgan fingerprint density at radius 3 is 2.48 bits per heavy atom. The summed E-state index contributed by atoms with van der Waals surface area (Å²) in [6.07, 6.45) is 1.93. The molecule has 27 heavy (non-hydrogen) atoms. The Hall–Kier alpha value is -2.86. The van der Waals surface area contributed by atoms with E-state index in [4.69, 9.17) is 14.6 Å². The van der Waals surface area contributed by atoms with Crippen LogP contribution in [0.3, 0.4) is 0 Å². The molecule has 0 aliphatic carbocycles. The normalized spacial score (nSPS) is 16.1. The minimum absolute atomic E-state index is 0.0157. The number of carbonyl (C=O) groups is 2. The van der Waals surface area contributed by atoms with E-state index in [0.717, 1.165) is 24.2 Å². The van der Waals surface area contributed by atoms with Gasteiger partial charge in [-0.05, 0) is 43.2 Å². The first-order chi connectivity index (χ1) is 13.1. The number of methoxy groups -OCH3 is 1. The molecule has 3 rings (SSSR count). The number of para-hydroxylation sites is 1. The van der Waals surface area contributed by atoms with Crippen LogP contribution in [0.15, 0.2) is 48.5 Å². The fourth-order valence-electron chi connectivity index (χ4n) is 3.23. The summed E-state index contributed by atoms with van der Waals surface area (Å²) in [5, 5.41) is 9.04. The zero-order chi connectivity index (χ0) is 19.2. The number of hydrogen-bond acceptors (Lipinski definition) is 4. The van der Waals surface area contributed by atoms with Crippen molar-refractivity contribution in [2.75, 3.05) is 20.3 Å². The molecule has 1 atom stereocenters. The number of aromatic carboxylic acids is 1. The summed E-state index contributed by atoms with van der Waals surface area (Å²) in [5.74, 6) is -0.448. The third-order valence-corrected chi connectivity index (χ3v) is 4.67. The van der Waals surface area contributed by atoms with Crippen molar-refractivity contribution in [2.45, 2.75) is 25.5 Å². The molecule has 0 aromatic heterocycles. The molecular formula is C21H23NO5. The Morgan fingerprint density at radius 1 is 1.15 bits per heavy atom. The molecule has 6 heteroatoms. The van der Waals surface area contributed by atoms with Crippen molar-refractivity contribution in [1.82, 2.24) is 4.90 Å². The van der Waals surface area contributed by atoms with Crippen molar-refractivity contribution in [2.24, 2.45) is 0 Å². The van der Waals surface area contributed by atoms with Gasteiger partial charge in [0.05, 0.1) is 18.8 Å². The van der Waals surface area contributed by atoms with Crippen LogP contribution >= 0.6 is 0 Å². The first-order valence-electron chi connectivity index (χ1n) is 8.94. The lowest BCUT2D eigenvalue weighted by Crippen LogP contribution is -2.37. The van der Waals surface area contributed by atoms with Gasteiger partial charge >= 0.3 is 5.97 Å². The molecule has 1 aliphatic rings. The van der Waals surface area contributed by atoms with Gasteiger partial charge in [-0.1, -0.05) is 18.2 Å². The molecule has 1 fully saturated rings. The summed E-state index contributed by atoms with van der Waals surface area (Å²) >= 11 is 0. The zero-order valence-electron chi connectivity index (χ0n) is 15.3. The molecular weight excluding hydrogens is 346 g/mol. The minimum atomic E-state index is -1.01. The summed E-state index contributed by atoms with van der Waals surface area (Å²) < 4.78 is 11.1. The molecule has 0 radical (unpaired) electrons. The largest absolute Gasteiger partial charge is 0.496 e.